The lowest BCUT2D eigenvalue weighted by molar-refractivity contribution is -0.119. The number of benzene rings is 2. The van der Waals surface area contributed by atoms with Gasteiger partial charge in [0.05, 0.1) is 5.92 Å². The number of hydrogen-bond donors (Lipinski definition) is 1. The molecular formula is C22H19F2N7O. The van der Waals surface area contributed by atoms with Gasteiger partial charge in [0.1, 0.15) is 35.3 Å². The van der Waals surface area contributed by atoms with E-state index >= 15 is 0 Å². The molecule has 4 aromatic rings. The van der Waals surface area contributed by atoms with E-state index < -0.39 is 5.82 Å². The molecule has 1 N–H and O–H groups in total. The number of hydrogen-bond acceptors (Lipinski definition) is 6. The lowest BCUT2D eigenvalue weighted by Crippen LogP contribution is -2.09. The average Bonchev–Trinajstić information content (AvgIpc) is 3.33. The number of aromatic nitrogens is 6. The summed E-state index contributed by atoms with van der Waals surface area (Å²) in [5.74, 6) is 0.403. The first-order chi connectivity index (χ1) is 15.5. The van der Waals surface area contributed by atoms with Crippen LogP contribution in [-0.4, -0.2) is 35.3 Å². The van der Waals surface area contributed by atoms with Crippen LogP contribution < -0.4 is 5.32 Å². The minimum atomic E-state index is -0.476. The second kappa shape index (κ2) is 7.95. The van der Waals surface area contributed by atoms with Crippen molar-refractivity contribution in [3.63, 3.8) is 0 Å². The molecule has 0 saturated carbocycles. The molecule has 0 aliphatic carbocycles. The normalized spacial score (nSPS) is 16.0. The third kappa shape index (κ3) is 3.86. The molecule has 0 spiro atoms. The molecule has 8 nitrogen and oxygen atoms in total. The Morgan fingerprint density at radius 3 is 2.62 bits per heavy atom. The average molecular weight is 435 g/mol. The molecule has 10 heteroatoms. The molecule has 1 unspecified atom stereocenters. The number of fused-ring (bicyclic) bond motifs is 1. The van der Waals surface area contributed by atoms with Crippen LogP contribution in [0.4, 0.5) is 20.4 Å². The molecule has 32 heavy (non-hydrogen) atoms. The fourth-order valence-corrected chi connectivity index (χ4v) is 3.80. The minimum absolute atomic E-state index is 0.0992. The Bertz CT molecular complexity index is 1300. The van der Waals surface area contributed by atoms with Gasteiger partial charge in [-0.3, -0.25) is 4.79 Å². The number of anilines is 2. The van der Waals surface area contributed by atoms with Gasteiger partial charge in [-0.1, -0.05) is 12.1 Å². The van der Waals surface area contributed by atoms with Crippen molar-refractivity contribution in [1.82, 2.24) is 29.5 Å². The maximum Gasteiger partial charge on any atom is 0.246 e. The maximum absolute atomic E-state index is 14.6. The standard InChI is InChI=1S/C22H19F2N7O/c1-13-25-12-31(28-13)20-7-6-16(10-19(20)24)26-22-27-21-18(14-2-4-15(23)5-3-14)11-17(32)8-9-30(21)29-22/h2-7,10,12,18H,8-9,11H2,1H3,(H,26,29). The Labute approximate surface area is 181 Å². The number of rotatable bonds is 4. The Balaban J connectivity index is 1.43. The first-order valence-corrected chi connectivity index (χ1v) is 10.1. The molecule has 5 rings (SSSR count). The van der Waals surface area contributed by atoms with E-state index in [1.54, 1.807) is 35.9 Å². The van der Waals surface area contributed by atoms with E-state index in [9.17, 15) is 13.6 Å². The number of halogens is 2. The van der Waals surface area contributed by atoms with Gasteiger partial charge in [-0.15, -0.1) is 5.10 Å². The van der Waals surface area contributed by atoms with Gasteiger partial charge in [0.25, 0.3) is 0 Å². The molecule has 0 amide bonds. The van der Waals surface area contributed by atoms with Crippen molar-refractivity contribution in [2.75, 3.05) is 5.32 Å². The molecular weight excluding hydrogens is 416 g/mol. The lowest BCUT2D eigenvalue weighted by Gasteiger charge is -2.13. The molecule has 0 bridgehead atoms. The van der Waals surface area contributed by atoms with Crippen LogP contribution in [-0.2, 0) is 11.3 Å². The van der Waals surface area contributed by atoms with E-state index in [2.05, 4.69) is 25.5 Å². The van der Waals surface area contributed by atoms with Crippen molar-refractivity contribution in [2.24, 2.45) is 0 Å². The number of nitrogens with zero attached hydrogens (tertiary/aromatic N) is 6. The predicted molar refractivity (Wildman–Crippen MR) is 112 cm³/mol. The summed E-state index contributed by atoms with van der Waals surface area (Å²) in [6.07, 6.45) is 2.06. The van der Waals surface area contributed by atoms with Gasteiger partial charge in [-0.25, -0.2) is 23.1 Å². The summed E-state index contributed by atoms with van der Waals surface area (Å²) < 4.78 is 31.1. The molecule has 1 atom stereocenters. The molecule has 1 aliphatic heterocycles. The van der Waals surface area contributed by atoms with Gasteiger partial charge < -0.3 is 5.32 Å². The van der Waals surface area contributed by atoms with Gasteiger partial charge in [0.15, 0.2) is 5.82 Å². The fraction of sp³-hybridized carbons (Fsp3) is 0.227. The van der Waals surface area contributed by atoms with Gasteiger partial charge in [0, 0.05) is 25.1 Å². The van der Waals surface area contributed by atoms with Crippen molar-refractivity contribution in [3.8, 4) is 5.69 Å². The Hall–Kier alpha value is -3.95. The highest BCUT2D eigenvalue weighted by atomic mass is 19.1. The highest BCUT2D eigenvalue weighted by Gasteiger charge is 2.28. The number of Topliss-reactive ketones (excluding diaryl/α,β-unsaturated/α-hetero) is 1. The highest BCUT2D eigenvalue weighted by molar-refractivity contribution is 5.80. The molecule has 1 aliphatic rings. The molecule has 2 aromatic carbocycles. The van der Waals surface area contributed by atoms with Crippen molar-refractivity contribution >= 4 is 17.4 Å². The third-order valence-corrected chi connectivity index (χ3v) is 5.38. The van der Waals surface area contributed by atoms with E-state index in [4.69, 9.17) is 0 Å². The summed E-state index contributed by atoms with van der Waals surface area (Å²) in [7, 11) is 0. The minimum Gasteiger partial charge on any atom is -0.323 e. The predicted octanol–water partition coefficient (Wildman–Crippen LogP) is 3.68. The molecule has 0 saturated heterocycles. The molecule has 2 aromatic heterocycles. The largest absolute Gasteiger partial charge is 0.323 e. The van der Waals surface area contributed by atoms with E-state index in [0.29, 0.717) is 36.3 Å². The zero-order valence-corrected chi connectivity index (χ0v) is 17.2. The smallest absolute Gasteiger partial charge is 0.246 e. The summed E-state index contributed by atoms with van der Waals surface area (Å²) in [4.78, 5) is 20.8. The lowest BCUT2D eigenvalue weighted by atomic mass is 9.93. The topological polar surface area (TPSA) is 90.5 Å². The van der Waals surface area contributed by atoms with E-state index in [1.807, 2.05) is 0 Å². The zero-order valence-electron chi connectivity index (χ0n) is 17.2. The van der Waals surface area contributed by atoms with Crippen LogP contribution >= 0.6 is 0 Å². The molecule has 0 radical (unpaired) electrons. The first-order valence-electron chi connectivity index (χ1n) is 10.1. The van der Waals surface area contributed by atoms with E-state index in [0.717, 1.165) is 5.56 Å². The van der Waals surface area contributed by atoms with Crippen molar-refractivity contribution in [2.45, 2.75) is 32.2 Å². The first kappa shape index (κ1) is 20.0. The molecule has 162 valence electrons. The summed E-state index contributed by atoms with van der Waals surface area (Å²) in [5, 5.41) is 11.6. The van der Waals surface area contributed by atoms with Crippen LogP contribution in [0.3, 0.4) is 0 Å². The summed E-state index contributed by atoms with van der Waals surface area (Å²) in [6.45, 7) is 2.13. The van der Waals surface area contributed by atoms with Crippen LogP contribution in [0.1, 0.15) is 36.0 Å². The van der Waals surface area contributed by atoms with Crippen molar-refractivity contribution in [1.29, 1.82) is 0 Å². The third-order valence-electron chi connectivity index (χ3n) is 5.38. The second-order valence-corrected chi connectivity index (χ2v) is 7.64. The molecule has 3 heterocycles. The van der Waals surface area contributed by atoms with Gasteiger partial charge in [-0.05, 0) is 42.8 Å². The number of ketones is 1. The van der Waals surface area contributed by atoms with E-state index in [1.165, 1.54) is 29.2 Å². The second-order valence-electron chi connectivity index (χ2n) is 7.64. The monoisotopic (exact) mass is 435 g/mol. The number of carbonyl (C=O) groups is 1. The summed E-state index contributed by atoms with van der Waals surface area (Å²) in [5.41, 5.74) is 1.54. The quantitative estimate of drug-likeness (QED) is 0.526. The van der Waals surface area contributed by atoms with E-state index in [-0.39, 0.29) is 29.6 Å². The van der Waals surface area contributed by atoms with Gasteiger partial charge in [-0.2, -0.15) is 10.1 Å². The number of carbonyl (C=O) groups excluding carboxylic acids is 1. The van der Waals surface area contributed by atoms with Crippen LogP contribution in [0, 0.1) is 18.6 Å². The van der Waals surface area contributed by atoms with Gasteiger partial charge in [0.2, 0.25) is 5.95 Å². The van der Waals surface area contributed by atoms with Crippen LogP contribution in [0.25, 0.3) is 5.69 Å². The number of aryl methyl sites for hydroxylation is 2. The summed E-state index contributed by atoms with van der Waals surface area (Å²) >= 11 is 0. The Morgan fingerprint density at radius 2 is 1.91 bits per heavy atom. The zero-order chi connectivity index (χ0) is 22.2. The summed E-state index contributed by atoms with van der Waals surface area (Å²) in [6, 6.07) is 10.7. The maximum atomic E-state index is 14.6. The van der Waals surface area contributed by atoms with Crippen molar-refractivity contribution < 1.29 is 13.6 Å². The van der Waals surface area contributed by atoms with Gasteiger partial charge >= 0.3 is 0 Å². The number of nitrogens with one attached hydrogen (secondary N) is 1. The fourth-order valence-electron chi connectivity index (χ4n) is 3.80. The van der Waals surface area contributed by atoms with Crippen LogP contribution in [0.5, 0.6) is 0 Å². The highest BCUT2D eigenvalue weighted by Crippen LogP contribution is 2.31. The SMILES string of the molecule is Cc1ncn(-c2ccc(Nc3nc4n(n3)CCC(=O)CC4c3ccc(F)cc3)cc2F)n1. The van der Waals surface area contributed by atoms with Crippen LogP contribution in [0.15, 0.2) is 48.8 Å². The van der Waals surface area contributed by atoms with Crippen molar-refractivity contribution in [3.05, 3.63) is 77.6 Å². The van der Waals surface area contributed by atoms with Crippen LogP contribution in [0.2, 0.25) is 0 Å². The molecule has 0 fully saturated rings. The Morgan fingerprint density at radius 1 is 1.09 bits per heavy atom. The Kier molecular flexibility index (Phi) is 4.96.